The molecule has 186 valence electrons. The lowest BCUT2D eigenvalue weighted by Gasteiger charge is -2.42. The minimum atomic E-state index is -0.351. The third kappa shape index (κ3) is 4.77. The highest BCUT2D eigenvalue weighted by atomic mass is 16.5. The van der Waals surface area contributed by atoms with Gasteiger partial charge in [-0.05, 0) is 59.4 Å². The number of methoxy groups -OCH3 is 2. The van der Waals surface area contributed by atoms with Crippen LogP contribution in [0.3, 0.4) is 0 Å². The summed E-state index contributed by atoms with van der Waals surface area (Å²) in [5.41, 5.74) is 1.84. The van der Waals surface area contributed by atoms with Crippen LogP contribution in [0, 0.1) is 0 Å². The Kier molecular flexibility index (Phi) is 6.51. The lowest BCUT2D eigenvalue weighted by Crippen LogP contribution is -2.54. The highest BCUT2D eigenvalue weighted by Crippen LogP contribution is 2.44. The van der Waals surface area contributed by atoms with Crippen LogP contribution < -0.4 is 14.8 Å². The summed E-state index contributed by atoms with van der Waals surface area (Å²) >= 11 is 0. The zero-order valence-electron chi connectivity index (χ0n) is 21.0. The van der Waals surface area contributed by atoms with Crippen molar-refractivity contribution in [1.82, 2.24) is 25.5 Å². The van der Waals surface area contributed by atoms with Crippen LogP contribution in [0.25, 0.3) is 0 Å². The summed E-state index contributed by atoms with van der Waals surface area (Å²) < 4.78 is 19.2. The van der Waals surface area contributed by atoms with Crippen LogP contribution in [0.4, 0.5) is 0 Å². The number of hydrogen-bond donors (Lipinski definition) is 1. The molecule has 0 amide bonds. The van der Waals surface area contributed by atoms with Crippen LogP contribution in [0.15, 0.2) is 48.5 Å². The van der Waals surface area contributed by atoms with Gasteiger partial charge in [-0.25, -0.2) is 4.68 Å². The first-order valence-corrected chi connectivity index (χ1v) is 12.4. The van der Waals surface area contributed by atoms with Gasteiger partial charge >= 0.3 is 0 Å². The van der Waals surface area contributed by atoms with E-state index in [-0.39, 0.29) is 23.2 Å². The molecule has 2 aliphatic rings. The van der Waals surface area contributed by atoms with Gasteiger partial charge in [0, 0.05) is 12.0 Å². The van der Waals surface area contributed by atoms with E-state index in [4.69, 9.17) is 14.2 Å². The van der Waals surface area contributed by atoms with E-state index >= 15 is 0 Å². The predicted molar refractivity (Wildman–Crippen MR) is 133 cm³/mol. The number of benzene rings is 2. The summed E-state index contributed by atoms with van der Waals surface area (Å²) in [4.78, 5) is 0. The van der Waals surface area contributed by atoms with Crippen LogP contribution in [0.1, 0.15) is 56.5 Å². The number of fused-ring (bicyclic) bond motifs is 2. The number of tetrazole rings is 1. The van der Waals surface area contributed by atoms with Gasteiger partial charge < -0.3 is 19.5 Å². The van der Waals surface area contributed by atoms with E-state index in [1.807, 2.05) is 28.9 Å². The zero-order chi connectivity index (χ0) is 24.5. The summed E-state index contributed by atoms with van der Waals surface area (Å²) in [6, 6.07) is 16.5. The van der Waals surface area contributed by atoms with Crippen molar-refractivity contribution in [3.05, 3.63) is 65.5 Å². The monoisotopic (exact) mass is 477 g/mol. The van der Waals surface area contributed by atoms with Crippen molar-refractivity contribution in [3.63, 3.8) is 0 Å². The molecular weight excluding hydrogens is 442 g/mol. The van der Waals surface area contributed by atoms with Gasteiger partial charge in [0.05, 0.1) is 38.5 Å². The maximum atomic E-state index is 6.23. The second-order valence-corrected chi connectivity index (χ2v) is 10.4. The molecule has 2 fully saturated rings. The Balaban J connectivity index is 1.44. The van der Waals surface area contributed by atoms with Gasteiger partial charge in [-0.15, -0.1) is 5.10 Å². The Labute approximate surface area is 207 Å². The summed E-state index contributed by atoms with van der Waals surface area (Å²) in [5, 5.41) is 17.0. The molecule has 3 aromatic rings. The fourth-order valence-corrected chi connectivity index (χ4v) is 5.51. The average Bonchev–Trinajstić information content (AvgIpc) is 3.49. The van der Waals surface area contributed by atoms with E-state index in [0.29, 0.717) is 6.54 Å². The average molecular weight is 478 g/mol. The molecule has 2 aliphatic heterocycles. The van der Waals surface area contributed by atoms with Crippen LogP contribution >= 0.6 is 0 Å². The fourth-order valence-electron chi connectivity index (χ4n) is 5.51. The Morgan fingerprint density at radius 1 is 1.03 bits per heavy atom. The van der Waals surface area contributed by atoms with Crippen molar-refractivity contribution in [2.45, 2.75) is 69.2 Å². The molecule has 2 bridgehead atoms. The van der Waals surface area contributed by atoms with Crippen LogP contribution in [-0.2, 0) is 22.2 Å². The molecule has 1 aromatic heterocycles. The minimum absolute atomic E-state index is 0.165. The van der Waals surface area contributed by atoms with E-state index in [2.05, 4.69) is 59.0 Å². The molecule has 2 saturated heterocycles. The Hall–Kier alpha value is -2.97. The van der Waals surface area contributed by atoms with Gasteiger partial charge in [-0.2, -0.15) is 0 Å². The van der Waals surface area contributed by atoms with Gasteiger partial charge in [-0.3, -0.25) is 0 Å². The van der Waals surface area contributed by atoms with Gasteiger partial charge in [0.2, 0.25) is 0 Å². The summed E-state index contributed by atoms with van der Waals surface area (Å²) in [6.07, 6.45) is 4.36. The Morgan fingerprint density at radius 3 is 2.43 bits per heavy atom. The SMILES string of the molecule is COc1ccc(C(C)(C)CNC2(c3nnnn3Cc3ccccc3)CC3CCC(C2)O3)cc1OC. The second-order valence-electron chi connectivity index (χ2n) is 10.4. The molecule has 35 heavy (non-hydrogen) atoms. The van der Waals surface area contributed by atoms with Crippen molar-refractivity contribution >= 4 is 0 Å². The number of rotatable bonds is 9. The smallest absolute Gasteiger partial charge is 0.171 e. The highest BCUT2D eigenvalue weighted by Gasteiger charge is 2.49. The van der Waals surface area contributed by atoms with Crippen LogP contribution in [-0.4, -0.2) is 53.2 Å². The third-order valence-corrected chi connectivity index (χ3v) is 7.52. The normalized spacial score (nSPS) is 23.9. The summed E-state index contributed by atoms with van der Waals surface area (Å²) in [6.45, 7) is 5.88. The third-order valence-electron chi connectivity index (χ3n) is 7.52. The molecule has 0 saturated carbocycles. The summed E-state index contributed by atoms with van der Waals surface area (Å²) in [5.74, 6) is 2.37. The van der Waals surface area contributed by atoms with Crippen molar-refractivity contribution in [2.75, 3.05) is 20.8 Å². The topological polar surface area (TPSA) is 83.3 Å². The minimum Gasteiger partial charge on any atom is -0.493 e. The molecular formula is C27H35N5O3. The Morgan fingerprint density at radius 2 is 1.74 bits per heavy atom. The first kappa shape index (κ1) is 23.8. The van der Waals surface area contributed by atoms with E-state index in [1.165, 1.54) is 11.1 Å². The van der Waals surface area contributed by atoms with Crippen molar-refractivity contribution in [3.8, 4) is 11.5 Å². The molecule has 1 N–H and O–H groups in total. The van der Waals surface area contributed by atoms with Crippen LogP contribution in [0.2, 0.25) is 0 Å². The van der Waals surface area contributed by atoms with Crippen molar-refractivity contribution in [2.24, 2.45) is 0 Å². The Bertz CT molecular complexity index is 1130. The largest absolute Gasteiger partial charge is 0.493 e. The maximum Gasteiger partial charge on any atom is 0.171 e. The number of nitrogens with zero attached hydrogens (tertiary/aromatic N) is 4. The molecule has 0 aliphatic carbocycles. The fraction of sp³-hybridized carbons (Fsp3) is 0.519. The maximum absolute atomic E-state index is 6.23. The van der Waals surface area contributed by atoms with E-state index in [0.717, 1.165) is 49.6 Å². The number of nitrogens with one attached hydrogen (secondary N) is 1. The predicted octanol–water partition coefficient (Wildman–Crippen LogP) is 3.84. The first-order chi connectivity index (χ1) is 16.9. The first-order valence-electron chi connectivity index (χ1n) is 12.4. The quantitative estimate of drug-likeness (QED) is 0.501. The summed E-state index contributed by atoms with van der Waals surface area (Å²) in [7, 11) is 3.33. The number of ether oxygens (including phenoxy) is 3. The zero-order valence-corrected chi connectivity index (χ0v) is 21.0. The molecule has 5 rings (SSSR count). The van der Waals surface area contributed by atoms with Gasteiger partial charge in [-0.1, -0.05) is 50.2 Å². The van der Waals surface area contributed by atoms with E-state index in [1.54, 1.807) is 14.2 Å². The molecule has 8 nitrogen and oxygen atoms in total. The molecule has 0 spiro atoms. The van der Waals surface area contributed by atoms with Gasteiger partial charge in [0.15, 0.2) is 17.3 Å². The van der Waals surface area contributed by atoms with E-state index < -0.39 is 0 Å². The standard InChI is InChI=1S/C27H35N5O3/c1-26(2,20-10-13-23(33-3)24(14-20)34-4)18-28-27(15-21-11-12-22(16-27)35-21)25-29-30-31-32(25)17-19-8-6-5-7-9-19/h5-10,13-14,21-22,28H,11-12,15-18H2,1-4H3. The molecule has 2 aromatic carbocycles. The molecule has 3 heterocycles. The molecule has 8 heteroatoms. The molecule has 2 unspecified atom stereocenters. The van der Waals surface area contributed by atoms with Gasteiger partial charge in [0.25, 0.3) is 0 Å². The lowest BCUT2D eigenvalue weighted by atomic mass is 9.80. The van der Waals surface area contributed by atoms with Crippen molar-refractivity contribution in [1.29, 1.82) is 0 Å². The lowest BCUT2D eigenvalue weighted by molar-refractivity contribution is -0.0457. The number of hydrogen-bond acceptors (Lipinski definition) is 7. The van der Waals surface area contributed by atoms with Crippen molar-refractivity contribution < 1.29 is 14.2 Å². The second kappa shape index (κ2) is 9.59. The molecule has 0 radical (unpaired) electrons. The van der Waals surface area contributed by atoms with Gasteiger partial charge in [0.1, 0.15) is 0 Å². The van der Waals surface area contributed by atoms with Crippen LogP contribution in [0.5, 0.6) is 11.5 Å². The van der Waals surface area contributed by atoms with E-state index in [9.17, 15) is 0 Å². The molecule has 2 atom stereocenters. The highest BCUT2D eigenvalue weighted by molar-refractivity contribution is 5.45. The number of aromatic nitrogens is 4.